The SMILES string of the molecule is Cc1cc(C)c(C(O)c2ccc(Cl)o2)c(C)c1. The molecule has 1 N–H and O–H groups in total. The molecule has 1 unspecified atom stereocenters. The van der Waals surface area contributed by atoms with Crippen LogP contribution in [0.2, 0.25) is 5.22 Å². The maximum Gasteiger partial charge on any atom is 0.193 e. The molecule has 90 valence electrons. The van der Waals surface area contributed by atoms with Gasteiger partial charge in [0.2, 0.25) is 0 Å². The number of benzene rings is 1. The van der Waals surface area contributed by atoms with Gasteiger partial charge in [-0.05, 0) is 61.2 Å². The summed E-state index contributed by atoms with van der Waals surface area (Å²) in [4.78, 5) is 0. The zero-order valence-corrected chi connectivity index (χ0v) is 10.9. The van der Waals surface area contributed by atoms with Crippen molar-refractivity contribution in [2.75, 3.05) is 0 Å². The van der Waals surface area contributed by atoms with Gasteiger partial charge in [-0.3, -0.25) is 0 Å². The molecule has 0 saturated carbocycles. The van der Waals surface area contributed by atoms with Crippen LogP contribution in [0.25, 0.3) is 0 Å². The van der Waals surface area contributed by atoms with Gasteiger partial charge < -0.3 is 9.52 Å². The molecular formula is C14H15ClO2. The number of hydrogen-bond donors (Lipinski definition) is 1. The first-order valence-corrected chi connectivity index (χ1v) is 5.88. The van der Waals surface area contributed by atoms with E-state index in [9.17, 15) is 5.11 Å². The molecule has 2 nitrogen and oxygen atoms in total. The van der Waals surface area contributed by atoms with E-state index in [0.29, 0.717) is 11.0 Å². The van der Waals surface area contributed by atoms with Gasteiger partial charge in [0, 0.05) is 0 Å². The van der Waals surface area contributed by atoms with E-state index in [1.165, 1.54) is 5.56 Å². The largest absolute Gasteiger partial charge is 0.447 e. The Kier molecular flexibility index (Phi) is 3.27. The summed E-state index contributed by atoms with van der Waals surface area (Å²) >= 11 is 5.72. The van der Waals surface area contributed by atoms with Crippen LogP contribution in [0.5, 0.6) is 0 Å². The van der Waals surface area contributed by atoms with Gasteiger partial charge in [-0.15, -0.1) is 0 Å². The highest BCUT2D eigenvalue weighted by Gasteiger charge is 2.18. The van der Waals surface area contributed by atoms with E-state index in [0.717, 1.165) is 16.7 Å². The third kappa shape index (κ3) is 2.38. The number of aliphatic hydroxyl groups excluding tert-OH is 1. The lowest BCUT2D eigenvalue weighted by atomic mass is 9.94. The summed E-state index contributed by atoms with van der Waals surface area (Å²) in [7, 11) is 0. The number of halogens is 1. The highest BCUT2D eigenvalue weighted by molar-refractivity contribution is 6.28. The van der Waals surface area contributed by atoms with Crippen molar-refractivity contribution in [2.45, 2.75) is 26.9 Å². The lowest BCUT2D eigenvalue weighted by Crippen LogP contribution is -2.04. The molecule has 1 aromatic heterocycles. The molecule has 2 rings (SSSR count). The molecule has 2 aromatic rings. The normalized spacial score (nSPS) is 12.8. The summed E-state index contributed by atoms with van der Waals surface area (Å²) in [6.07, 6.45) is -0.761. The van der Waals surface area contributed by atoms with E-state index in [1.807, 2.05) is 20.8 Å². The molecule has 0 radical (unpaired) electrons. The van der Waals surface area contributed by atoms with Crippen LogP contribution >= 0.6 is 11.6 Å². The van der Waals surface area contributed by atoms with Crippen LogP contribution in [-0.4, -0.2) is 5.11 Å². The lowest BCUT2D eigenvalue weighted by Gasteiger charge is -2.15. The number of rotatable bonds is 2. The van der Waals surface area contributed by atoms with E-state index in [1.54, 1.807) is 12.1 Å². The fourth-order valence-corrected chi connectivity index (χ4v) is 2.39. The highest BCUT2D eigenvalue weighted by atomic mass is 35.5. The second-order valence-electron chi connectivity index (χ2n) is 4.36. The Labute approximate surface area is 106 Å². The molecule has 17 heavy (non-hydrogen) atoms. The molecule has 0 amide bonds. The number of aryl methyl sites for hydroxylation is 3. The van der Waals surface area contributed by atoms with Crippen molar-refractivity contribution in [1.82, 2.24) is 0 Å². The Balaban J connectivity index is 2.47. The number of furan rings is 1. The second-order valence-corrected chi connectivity index (χ2v) is 4.73. The Morgan fingerprint density at radius 1 is 1.12 bits per heavy atom. The van der Waals surface area contributed by atoms with E-state index < -0.39 is 6.10 Å². The minimum absolute atomic E-state index is 0.293. The van der Waals surface area contributed by atoms with Crippen molar-refractivity contribution in [3.8, 4) is 0 Å². The molecule has 1 heterocycles. The van der Waals surface area contributed by atoms with Crippen molar-refractivity contribution >= 4 is 11.6 Å². The van der Waals surface area contributed by atoms with E-state index in [-0.39, 0.29) is 0 Å². The van der Waals surface area contributed by atoms with Gasteiger partial charge in [-0.1, -0.05) is 17.7 Å². The van der Waals surface area contributed by atoms with Crippen molar-refractivity contribution in [1.29, 1.82) is 0 Å². The smallest absolute Gasteiger partial charge is 0.193 e. The van der Waals surface area contributed by atoms with Crippen LogP contribution in [0.1, 0.15) is 34.1 Å². The fourth-order valence-electron chi connectivity index (χ4n) is 2.24. The maximum absolute atomic E-state index is 10.3. The fraction of sp³-hybridized carbons (Fsp3) is 0.286. The predicted octanol–water partition coefficient (Wildman–Crippen LogP) is 3.94. The zero-order valence-electron chi connectivity index (χ0n) is 10.1. The molecule has 1 aromatic carbocycles. The zero-order chi connectivity index (χ0) is 12.6. The van der Waals surface area contributed by atoms with Crippen molar-refractivity contribution in [2.24, 2.45) is 0 Å². The van der Waals surface area contributed by atoms with Gasteiger partial charge in [-0.2, -0.15) is 0 Å². The quantitative estimate of drug-likeness (QED) is 0.876. The summed E-state index contributed by atoms with van der Waals surface area (Å²) in [5.74, 6) is 0.477. The van der Waals surface area contributed by atoms with E-state index >= 15 is 0 Å². The van der Waals surface area contributed by atoms with Crippen LogP contribution in [0.15, 0.2) is 28.7 Å². The Bertz CT molecular complexity index is 520. The lowest BCUT2D eigenvalue weighted by molar-refractivity contribution is 0.188. The van der Waals surface area contributed by atoms with Crippen molar-refractivity contribution in [3.63, 3.8) is 0 Å². The van der Waals surface area contributed by atoms with Gasteiger partial charge in [-0.25, -0.2) is 0 Å². The average molecular weight is 251 g/mol. The Morgan fingerprint density at radius 2 is 1.71 bits per heavy atom. The van der Waals surface area contributed by atoms with Crippen LogP contribution in [-0.2, 0) is 0 Å². The van der Waals surface area contributed by atoms with Crippen LogP contribution < -0.4 is 0 Å². The van der Waals surface area contributed by atoms with Gasteiger partial charge in [0.25, 0.3) is 0 Å². The Morgan fingerprint density at radius 3 is 2.18 bits per heavy atom. The summed E-state index contributed by atoms with van der Waals surface area (Å²) in [6, 6.07) is 7.44. The van der Waals surface area contributed by atoms with Gasteiger partial charge in [0.05, 0.1) is 0 Å². The molecule has 0 aliphatic carbocycles. The van der Waals surface area contributed by atoms with Crippen molar-refractivity contribution < 1.29 is 9.52 Å². The minimum Gasteiger partial charge on any atom is -0.447 e. The number of aliphatic hydroxyl groups is 1. The first-order valence-electron chi connectivity index (χ1n) is 5.50. The molecule has 0 aliphatic rings. The summed E-state index contributed by atoms with van der Waals surface area (Å²) in [6.45, 7) is 6.02. The maximum atomic E-state index is 10.3. The van der Waals surface area contributed by atoms with Gasteiger partial charge in [0.15, 0.2) is 5.22 Å². The topological polar surface area (TPSA) is 33.4 Å². The van der Waals surface area contributed by atoms with Crippen molar-refractivity contribution in [3.05, 3.63) is 57.5 Å². The standard InChI is InChI=1S/C14H15ClO2/c1-8-6-9(2)13(10(3)7-8)14(16)11-4-5-12(15)17-11/h4-7,14,16H,1-3H3. The monoisotopic (exact) mass is 250 g/mol. The van der Waals surface area contributed by atoms with Crippen LogP contribution in [0.4, 0.5) is 0 Å². The third-order valence-electron chi connectivity index (χ3n) is 2.87. The van der Waals surface area contributed by atoms with Gasteiger partial charge >= 0.3 is 0 Å². The third-order valence-corrected chi connectivity index (χ3v) is 3.08. The molecule has 3 heteroatoms. The molecule has 0 aliphatic heterocycles. The van der Waals surface area contributed by atoms with Crippen LogP contribution in [0.3, 0.4) is 0 Å². The predicted molar refractivity (Wildman–Crippen MR) is 68.4 cm³/mol. The first-order chi connectivity index (χ1) is 7.99. The molecule has 0 bridgehead atoms. The minimum atomic E-state index is -0.761. The van der Waals surface area contributed by atoms with E-state index in [4.69, 9.17) is 16.0 Å². The molecule has 0 saturated heterocycles. The summed E-state index contributed by atoms with van der Waals surface area (Å²) in [5, 5.41) is 10.6. The van der Waals surface area contributed by atoms with Crippen LogP contribution in [0, 0.1) is 20.8 Å². The summed E-state index contributed by atoms with van der Waals surface area (Å²) < 4.78 is 5.26. The molecule has 0 spiro atoms. The Hall–Kier alpha value is -1.25. The number of hydrogen-bond acceptors (Lipinski definition) is 2. The molecule has 0 fully saturated rings. The molecular weight excluding hydrogens is 236 g/mol. The highest BCUT2D eigenvalue weighted by Crippen LogP contribution is 2.30. The van der Waals surface area contributed by atoms with E-state index in [2.05, 4.69) is 12.1 Å². The second kappa shape index (κ2) is 4.55. The first kappa shape index (κ1) is 12.2. The summed E-state index contributed by atoms with van der Waals surface area (Å²) in [5.41, 5.74) is 4.19. The molecule has 1 atom stereocenters. The van der Waals surface area contributed by atoms with Gasteiger partial charge in [0.1, 0.15) is 11.9 Å². The average Bonchev–Trinajstić information content (AvgIpc) is 2.63.